The maximum Gasteiger partial charge on any atom is 0.271 e. The third-order valence-corrected chi connectivity index (χ3v) is 1.93. The predicted molar refractivity (Wildman–Crippen MR) is 56.1 cm³/mol. The molecule has 1 aliphatic heterocycles. The molecule has 0 aromatic carbocycles. The van der Waals surface area contributed by atoms with Gasteiger partial charge in [0.15, 0.2) is 0 Å². The maximum atomic E-state index is 10.4. The van der Waals surface area contributed by atoms with Crippen molar-refractivity contribution in [1.82, 2.24) is 4.98 Å². The summed E-state index contributed by atoms with van der Waals surface area (Å²) in [5.41, 5.74) is 5.20. The van der Waals surface area contributed by atoms with E-state index in [9.17, 15) is 4.79 Å². The number of ether oxygens (including phenoxy) is 1. The molecule has 4 nitrogen and oxygen atoms in total. The highest BCUT2D eigenvalue weighted by atomic mass is 16.5. The minimum Gasteiger partial charge on any atom is -0.394 e. The van der Waals surface area contributed by atoms with Crippen LogP contribution in [0.5, 0.6) is 0 Å². The summed E-state index contributed by atoms with van der Waals surface area (Å²) in [7, 11) is 0. The third-order valence-electron chi connectivity index (χ3n) is 1.93. The number of nitrogen functional groups attached to an aromatic ring is 1. The number of nitrogens with one attached hydrogen (secondary N) is 1. The van der Waals surface area contributed by atoms with Gasteiger partial charge in [0.25, 0.3) is 5.56 Å². The zero-order valence-corrected chi connectivity index (χ0v) is 8.16. The van der Waals surface area contributed by atoms with E-state index in [-0.39, 0.29) is 11.2 Å². The van der Waals surface area contributed by atoms with Crippen molar-refractivity contribution in [3.8, 4) is 0 Å². The van der Waals surface area contributed by atoms with E-state index in [1.165, 1.54) is 19.3 Å². The molecule has 0 unspecified atom stereocenters. The van der Waals surface area contributed by atoms with Crippen LogP contribution in [0.3, 0.4) is 0 Å². The summed E-state index contributed by atoms with van der Waals surface area (Å²) in [6.45, 7) is 2.00. The number of pyridine rings is 1. The summed E-state index contributed by atoms with van der Waals surface area (Å²) < 4.78 is 5.07. The van der Waals surface area contributed by atoms with Gasteiger partial charge in [0.05, 0.1) is 5.69 Å². The summed E-state index contributed by atoms with van der Waals surface area (Å²) >= 11 is 0. The molecule has 1 fully saturated rings. The summed E-state index contributed by atoms with van der Waals surface area (Å²) in [5, 5.41) is 0. The number of hydrogen-bond donors (Lipinski definition) is 2. The molecule has 3 N–H and O–H groups in total. The summed E-state index contributed by atoms with van der Waals surface area (Å²) in [5.74, 6) is 0. The van der Waals surface area contributed by atoms with Crippen LogP contribution in [0.2, 0.25) is 0 Å². The fourth-order valence-electron chi connectivity index (χ4n) is 1.12. The van der Waals surface area contributed by atoms with Crippen LogP contribution >= 0.6 is 0 Å². The van der Waals surface area contributed by atoms with Gasteiger partial charge < -0.3 is 15.5 Å². The molecule has 4 heteroatoms. The first-order chi connectivity index (χ1) is 6.80. The molecule has 0 saturated carbocycles. The van der Waals surface area contributed by atoms with Crippen molar-refractivity contribution in [2.45, 2.75) is 19.3 Å². The van der Waals surface area contributed by atoms with Gasteiger partial charge in [0.2, 0.25) is 0 Å². The predicted octanol–water partition coefficient (Wildman–Crippen LogP) is 1.14. The van der Waals surface area contributed by atoms with Gasteiger partial charge in [-0.3, -0.25) is 4.79 Å². The van der Waals surface area contributed by atoms with Crippen molar-refractivity contribution >= 4 is 5.69 Å². The largest absolute Gasteiger partial charge is 0.394 e. The Bertz CT molecular complexity index is 293. The minimum absolute atomic E-state index is 0.229. The summed E-state index contributed by atoms with van der Waals surface area (Å²) in [6, 6.07) is 3.23. The van der Waals surface area contributed by atoms with Crippen molar-refractivity contribution in [3.63, 3.8) is 0 Å². The zero-order chi connectivity index (χ0) is 10.2. The fourth-order valence-corrected chi connectivity index (χ4v) is 1.12. The number of rotatable bonds is 0. The Morgan fingerprint density at radius 1 is 1.29 bits per heavy atom. The molecular formula is C10H16N2O2. The SMILES string of the molecule is C1CCOCC1.Nc1ccc[nH]c1=O. The Balaban J connectivity index is 0.000000146. The van der Waals surface area contributed by atoms with E-state index >= 15 is 0 Å². The van der Waals surface area contributed by atoms with E-state index in [1.54, 1.807) is 18.3 Å². The van der Waals surface area contributed by atoms with Gasteiger partial charge in [0.1, 0.15) is 0 Å². The number of anilines is 1. The normalized spacial score (nSPS) is 15.4. The number of hydrogen-bond acceptors (Lipinski definition) is 3. The van der Waals surface area contributed by atoms with Gasteiger partial charge in [-0.15, -0.1) is 0 Å². The topological polar surface area (TPSA) is 68.1 Å². The molecule has 1 aliphatic rings. The summed E-state index contributed by atoms with van der Waals surface area (Å²) in [6.07, 6.45) is 5.47. The van der Waals surface area contributed by atoms with Crippen LogP contribution in [0.1, 0.15) is 19.3 Å². The Labute approximate surface area is 83.1 Å². The highest BCUT2D eigenvalue weighted by Crippen LogP contribution is 2.02. The van der Waals surface area contributed by atoms with Crippen molar-refractivity contribution in [2.75, 3.05) is 18.9 Å². The van der Waals surface area contributed by atoms with Gasteiger partial charge in [-0.1, -0.05) is 0 Å². The van der Waals surface area contributed by atoms with Gasteiger partial charge in [-0.05, 0) is 31.4 Å². The molecule has 0 aliphatic carbocycles. The standard InChI is InChI=1S/C5H6N2O.C5H10O/c6-4-2-1-3-7-5(4)8;1-2-4-6-5-3-1/h1-3H,6H2,(H,7,8);1-5H2. The molecule has 14 heavy (non-hydrogen) atoms. The maximum absolute atomic E-state index is 10.4. The number of aromatic nitrogens is 1. The van der Waals surface area contributed by atoms with E-state index in [0.717, 1.165) is 13.2 Å². The van der Waals surface area contributed by atoms with Crippen molar-refractivity contribution in [3.05, 3.63) is 28.7 Å². The van der Waals surface area contributed by atoms with Gasteiger partial charge >= 0.3 is 0 Å². The van der Waals surface area contributed by atoms with Crippen LogP contribution in [0.25, 0.3) is 0 Å². The van der Waals surface area contributed by atoms with Gasteiger partial charge in [0, 0.05) is 19.4 Å². The fraction of sp³-hybridized carbons (Fsp3) is 0.500. The quantitative estimate of drug-likeness (QED) is 0.654. The minimum atomic E-state index is -0.229. The molecular weight excluding hydrogens is 180 g/mol. The molecule has 78 valence electrons. The van der Waals surface area contributed by atoms with Crippen molar-refractivity contribution in [1.29, 1.82) is 0 Å². The van der Waals surface area contributed by atoms with E-state index in [2.05, 4.69) is 4.98 Å². The molecule has 0 atom stereocenters. The Hall–Kier alpha value is -1.29. The van der Waals surface area contributed by atoms with Crippen LogP contribution in [0, 0.1) is 0 Å². The molecule has 1 aromatic heterocycles. The second kappa shape index (κ2) is 6.21. The van der Waals surface area contributed by atoms with E-state index in [1.807, 2.05) is 0 Å². The lowest BCUT2D eigenvalue weighted by Gasteiger charge is -2.08. The van der Waals surface area contributed by atoms with Gasteiger partial charge in [-0.2, -0.15) is 0 Å². The summed E-state index contributed by atoms with van der Waals surface area (Å²) in [4.78, 5) is 12.9. The van der Waals surface area contributed by atoms with E-state index < -0.39 is 0 Å². The first-order valence-corrected chi connectivity index (χ1v) is 4.81. The lowest BCUT2D eigenvalue weighted by Crippen LogP contribution is -2.08. The smallest absolute Gasteiger partial charge is 0.271 e. The first kappa shape index (κ1) is 10.8. The molecule has 0 spiro atoms. The molecule has 2 rings (SSSR count). The highest BCUT2D eigenvalue weighted by molar-refractivity contribution is 5.32. The van der Waals surface area contributed by atoms with Gasteiger partial charge in [-0.25, -0.2) is 0 Å². The van der Waals surface area contributed by atoms with Crippen LogP contribution in [0.15, 0.2) is 23.1 Å². The number of nitrogens with two attached hydrogens (primary N) is 1. The lowest BCUT2D eigenvalue weighted by atomic mass is 10.2. The van der Waals surface area contributed by atoms with Crippen molar-refractivity contribution < 1.29 is 4.74 Å². The van der Waals surface area contributed by atoms with Crippen LogP contribution < -0.4 is 11.3 Å². The zero-order valence-electron chi connectivity index (χ0n) is 8.16. The van der Waals surface area contributed by atoms with Crippen LogP contribution in [0.4, 0.5) is 5.69 Å². The Kier molecular flexibility index (Phi) is 4.78. The van der Waals surface area contributed by atoms with E-state index in [4.69, 9.17) is 10.5 Å². The second-order valence-corrected chi connectivity index (χ2v) is 3.13. The average Bonchev–Trinajstić information content (AvgIpc) is 2.26. The lowest BCUT2D eigenvalue weighted by molar-refractivity contribution is 0.0968. The van der Waals surface area contributed by atoms with Crippen molar-refractivity contribution in [2.24, 2.45) is 0 Å². The van der Waals surface area contributed by atoms with E-state index in [0.29, 0.717) is 0 Å². The van der Waals surface area contributed by atoms with Crippen LogP contribution in [-0.2, 0) is 4.74 Å². The van der Waals surface area contributed by atoms with Crippen LogP contribution in [-0.4, -0.2) is 18.2 Å². The molecule has 0 radical (unpaired) electrons. The Morgan fingerprint density at radius 3 is 2.29 bits per heavy atom. The molecule has 0 bridgehead atoms. The third kappa shape index (κ3) is 4.09. The molecule has 1 aromatic rings. The average molecular weight is 196 g/mol. The molecule has 1 saturated heterocycles. The Morgan fingerprint density at radius 2 is 2.00 bits per heavy atom. The number of H-pyrrole nitrogens is 1. The monoisotopic (exact) mass is 196 g/mol. The molecule has 2 heterocycles. The number of aromatic amines is 1. The molecule has 0 amide bonds. The second-order valence-electron chi connectivity index (χ2n) is 3.13. The highest BCUT2D eigenvalue weighted by Gasteiger charge is 1.95. The first-order valence-electron chi connectivity index (χ1n) is 4.81.